The summed E-state index contributed by atoms with van der Waals surface area (Å²) in [7, 11) is 0. The van der Waals surface area contributed by atoms with Crippen LogP contribution in [-0.4, -0.2) is 18.4 Å². The molecule has 1 aromatic carbocycles. The Morgan fingerprint density at radius 1 is 1.44 bits per heavy atom. The summed E-state index contributed by atoms with van der Waals surface area (Å²) in [5.41, 5.74) is 1.77. The van der Waals surface area contributed by atoms with Gasteiger partial charge in [-0.25, -0.2) is 0 Å². The van der Waals surface area contributed by atoms with Crippen molar-refractivity contribution in [1.29, 1.82) is 0 Å². The maximum absolute atomic E-state index is 11.4. The SMILES string of the molecule is CCCCN(c1ccc(C(C)=O)c(Cl)c1)C1CC1. The van der Waals surface area contributed by atoms with Gasteiger partial charge < -0.3 is 4.90 Å². The average Bonchev–Trinajstić information content (AvgIpc) is 3.13. The molecule has 0 spiro atoms. The molecule has 1 aliphatic rings. The summed E-state index contributed by atoms with van der Waals surface area (Å²) in [6.45, 7) is 4.84. The molecule has 0 radical (unpaired) electrons. The van der Waals surface area contributed by atoms with Crippen LogP contribution in [0.4, 0.5) is 5.69 Å². The third-order valence-corrected chi connectivity index (χ3v) is 3.72. The average molecular weight is 266 g/mol. The zero-order valence-corrected chi connectivity index (χ0v) is 11.8. The number of halogens is 1. The molecule has 98 valence electrons. The summed E-state index contributed by atoms with van der Waals surface area (Å²) in [4.78, 5) is 13.8. The molecule has 0 atom stereocenters. The summed E-state index contributed by atoms with van der Waals surface area (Å²) >= 11 is 6.18. The van der Waals surface area contributed by atoms with Gasteiger partial charge in [0.25, 0.3) is 0 Å². The van der Waals surface area contributed by atoms with Gasteiger partial charge in [-0.15, -0.1) is 0 Å². The van der Waals surface area contributed by atoms with Gasteiger partial charge in [0.2, 0.25) is 0 Å². The van der Waals surface area contributed by atoms with Crippen molar-refractivity contribution in [3.8, 4) is 0 Å². The van der Waals surface area contributed by atoms with E-state index in [4.69, 9.17) is 11.6 Å². The van der Waals surface area contributed by atoms with Crippen molar-refractivity contribution < 1.29 is 4.79 Å². The standard InChI is InChI=1S/C15H20ClNO/c1-3-4-9-17(12-5-6-12)13-7-8-14(11(2)18)15(16)10-13/h7-8,10,12H,3-6,9H2,1-2H3. The number of hydrogen-bond acceptors (Lipinski definition) is 2. The van der Waals surface area contributed by atoms with Crippen molar-refractivity contribution in [2.24, 2.45) is 0 Å². The number of ketones is 1. The molecule has 1 fully saturated rings. The van der Waals surface area contributed by atoms with Crippen LogP contribution in [0.1, 0.15) is 49.9 Å². The molecule has 0 bridgehead atoms. The monoisotopic (exact) mass is 265 g/mol. The molecule has 0 amide bonds. The van der Waals surface area contributed by atoms with Crippen LogP contribution in [0.5, 0.6) is 0 Å². The predicted molar refractivity (Wildman–Crippen MR) is 76.7 cm³/mol. The zero-order valence-electron chi connectivity index (χ0n) is 11.1. The van der Waals surface area contributed by atoms with Crippen LogP contribution in [0.3, 0.4) is 0 Å². The zero-order chi connectivity index (χ0) is 13.1. The van der Waals surface area contributed by atoms with Gasteiger partial charge in [-0.05, 0) is 44.4 Å². The Kier molecular flexibility index (Phi) is 4.28. The van der Waals surface area contributed by atoms with Gasteiger partial charge in [0, 0.05) is 23.8 Å². The molecule has 0 aromatic heterocycles. The van der Waals surface area contributed by atoms with Gasteiger partial charge >= 0.3 is 0 Å². The first-order valence-electron chi connectivity index (χ1n) is 6.70. The van der Waals surface area contributed by atoms with E-state index in [-0.39, 0.29) is 5.78 Å². The summed E-state index contributed by atoms with van der Waals surface area (Å²) in [5, 5.41) is 0.571. The molecule has 0 heterocycles. The van der Waals surface area contributed by atoms with Crippen LogP contribution in [-0.2, 0) is 0 Å². The van der Waals surface area contributed by atoms with Crippen LogP contribution in [0.2, 0.25) is 5.02 Å². The minimum atomic E-state index is 0.0260. The first-order valence-corrected chi connectivity index (χ1v) is 7.08. The second-order valence-corrected chi connectivity index (χ2v) is 5.41. The minimum absolute atomic E-state index is 0.0260. The van der Waals surface area contributed by atoms with E-state index in [0.717, 1.165) is 12.2 Å². The van der Waals surface area contributed by atoms with Crippen LogP contribution < -0.4 is 4.90 Å². The van der Waals surface area contributed by atoms with E-state index >= 15 is 0 Å². The van der Waals surface area contributed by atoms with E-state index in [1.54, 1.807) is 6.92 Å². The van der Waals surface area contributed by atoms with Crippen molar-refractivity contribution in [2.45, 2.75) is 45.6 Å². The van der Waals surface area contributed by atoms with E-state index in [0.29, 0.717) is 16.6 Å². The Morgan fingerprint density at radius 2 is 2.17 bits per heavy atom. The van der Waals surface area contributed by atoms with Crippen molar-refractivity contribution >= 4 is 23.1 Å². The number of Topliss-reactive ketones (excluding diaryl/α,β-unsaturated/α-hetero) is 1. The van der Waals surface area contributed by atoms with Crippen LogP contribution >= 0.6 is 11.6 Å². The molecule has 2 nitrogen and oxygen atoms in total. The topological polar surface area (TPSA) is 20.3 Å². The highest BCUT2D eigenvalue weighted by atomic mass is 35.5. The molecule has 1 aromatic rings. The molecule has 3 heteroatoms. The maximum Gasteiger partial charge on any atom is 0.161 e. The molecule has 2 rings (SSSR count). The number of rotatable bonds is 6. The number of unbranched alkanes of at least 4 members (excludes halogenated alkanes) is 1. The molecule has 1 aliphatic carbocycles. The Balaban J connectivity index is 2.19. The smallest absolute Gasteiger partial charge is 0.161 e. The third kappa shape index (κ3) is 3.05. The largest absolute Gasteiger partial charge is 0.369 e. The summed E-state index contributed by atoms with van der Waals surface area (Å²) in [6.07, 6.45) is 4.94. The van der Waals surface area contributed by atoms with Crippen molar-refractivity contribution in [1.82, 2.24) is 0 Å². The fourth-order valence-corrected chi connectivity index (χ4v) is 2.51. The quantitative estimate of drug-likeness (QED) is 0.715. The molecular weight excluding hydrogens is 246 g/mol. The van der Waals surface area contributed by atoms with E-state index < -0.39 is 0 Å². The maximum atomic E-state index is 11.4. The molecule has 0 N–H and O–H groups in total. The Hall–Kier alpha value is -1.02. The highest BCUT2D eigenvalue weighted by Gasteiger charge is 2.29. The van der Waals surface area contributed by atoms with E-state index in [1.165, 1.54) is 25.7 Å². The molecule has 18 heavy (non-hydrogen) atoms. The van der Waals surface area contributed by atoms with E-state index in [9.17, 15) is 4.79 Å². The molecule has 1 saturated carbocycles. The third-order valence-electron chi connectivity index (χ3n) is 3.40. The van der Waals surface area contributed by atoms with Gasteiger partial charge in [-0.2, -0.15) is 0 Å². The Bertz CT molecular complexity index is 440. The molecule has 0 unspecified atom stereocenters. The summed E-state index contributed by atoms with van der Waals surface area (Å²) < 4.78 is 0. The molecular formula is C15H20ClNO. The number of hydrogen-bond donors (Lipinski definition) is 0. The fraction of sp³-hybridized carbons (Fsp3) is 0.533. The fourth-order valence-electron chi connectivity index (χ4n) is 2.21. The molecule has 0 aliphatic heterocycles. The second kappa shape index (κ2) is 5.75. The Morgan fingerprint density at radius 3 is 2.67 bits per heavy atom. The van der Waals surface area contributed by atoms with E-state index in [2.05, 4.69) is 11.8 Å². The van der Waals surface area contributed by atoms with Gasteiger partial charge in [-0.3, -0.25) is 4.79 Å². The number of carbonyl (C=O) groups is 1. The van der Waals surface area contributed by atoms with Crippen molar-refractivity contribution in [3.05, 3.63) is 28.8 Å². The van der Waals surface area contributed by atoms with Gasteiger partial charge in [-0.1, -0.05) is 24.9 Å². The lowest BCUT2D eigenvalue weighted by Gasteiger charge is -2.25. The minimum Gasteiger partial charge on any atom is -0.369 e. The van der Waals surface area contributed by atoms with Crippen LogP contribution in [0.15, 0.2) is 18.2 Å². The number of benzene rings is 1. The second-order valence-electron chi connectivity index (χ2n) is 5.00. The normalized spacial score (nSPS) is 14.6. The highest BCUT2D eigenvalue weighted by molar-refractivity contribution is 6.34. The van der Waals surface area contributed by atoms with Crippen molar-refractivity contribution in [3.63, 3.8) is 0 Å². The first-order chi connectivity index (χ1) is 8.63. The number of carbonyl (C=O) groups excluding carboxylic acids is 1. The molecule has 0 saturated heterocycles. The van der Waals surface area contributed by atoms with Gasteiger partial charge in [0.05, 0.1) is 5.02 Å². The summed E-state index contributed by atoms with van der Waals surface area (Å²) in [6, 6.07) is 6.49. The van der Waals surface area contributed by atoms with Gasteiger partial charge in [0.15, 0.2) is 5.78 Å². The van der Waals surface area contributed by atoms with Crippen molar-refractivity contribution in [2.75, 3.05) is 11.4 Å². The predicted octanol–water partition coefficient (Wildman–Crippen LogP) is 4.31. The van der Waals surface area contributed by atoms with Gasteiger partial charge in [0.1, 0.15) is 0 Å². The first kappa shape index (κ1) is 13.4. The highest BCUT2D eigenvalue weighted by Crippen LogP contribution is 2.34. The van der Waals surface area contributed by atoms with Crippen LogP contribution in [0, 0.1) is 0 Å². The number of anilines is 1. The lowest BCUT2D eigenvalue weighted by Crippen LogP contribution is -2.26. The lowest BCUT2D eigenvalue weighted by molar-refractivity contribution is 0.101. The van der Waals surface area contributed by atoms with Crippen LogP contribution in [0.25, 0.3) is 0 Å². The Labute approximate surface area is 114 Å². The van der Waals surface area contributed by atoms with E-state index in [1.807, 2.05) is 18.2 Å². The summed E-state index contributed by atoms with van der Waals surface area (Å²) in [5.74, 6) is 0.0260. The number of nitrogens with zero attached hydrogens (tertiary/aromatic N) is 1. The lowest BCUT2D eigenvalue weighted by atomic mass is 10.1.